The molecule has 1 aliphatic rings. The number of rotatable bonds is 2. The van der Waals surface area contributed by atoms with Gasteiger partial charge < -0.3 is 0 Å². The Hall–Kier alpha value is -0.920. The Morgan fingerprint density at radius 1 is 1.46 bits per heavy atom. The number of hydrogen-bond acceptors (Lipinski definition) is 2. The van der Waals surface area contributed by atoms with Crippen LogP contribution in [0.15, 0.2) is 11.1 Å². The number of hydrogen-bond donors (Lipinski definition) is 0. The Bertz CT molecular complexity index is 295. The van der Waals surface area contributed by atoms with Crippen LogP contribution in [-0.2, 0) is 9.59 Å². The van der Waals surface area contributed by atoms with Gasteiger partial charge >= 0.3 is 0 Å². The van der Waals surface area contributed by atoms with Gasteiger partial charge in [0.05, 0.1) is 0 Å². The monoisotopic (exact) mass is 180 g/mol. The van der Waals surface area contributed by atoms with Gasteiger partial charge in [-0.25, -0.2) is 0 Å². The first-order valence-corrected chi connectivity index (χ1v) is 4.57. The molecule has 0 saturated heterocycles. The van der Waals surface area contributed by atoms with E-state index in [0.717, 1.165) is 11.1 Å². The summed E-state index contributed by atoms with van der Waals surface area (Å²) in [4.78, 5) is 22.4. The van der Waals surface area contributed by atoms with Crippen molar-refractivity contribution in [3.05, 3.63) is 11.1 Å². The Kier molecular flexibility index (Phi) is 2.42. The van der Waals surface area contributed by atoms with E-state index >= 15 is 0 Å². The third kappa shape index (κ3) is 1.87. The van der Waals surface area contributed by atoms with Crippen LogP contribution in [0.3, 0.4) is 0 Å². The lowest BCUT2D eigenvalue weighted by Crippen LogP contribution is -2.08. The number of carbonyl (C=O) groups excluding carboxylic acids is 2. The van der Waals surface area contributed by atoms with E-state index in [2.05, 4.69) is 0 Å². The van der Waals surface area contributed by atoms with Crippen LogP contribution in [0.25, 0.3) is 0 Å². The normalized spacial score (nSPS) is 21.1. The first-order chi connectivity index (χ1) is 5.84. The van der Waals surface area contributed by atoms with Crippen molar-refractivity contribution in [3.8, 4) is 0 Å². The average molecular weight is 180 g/mol. The van der Waals surface area contributed by atoms with Gasteiger partial charge in [-0.1, -0.05) is 19.4 Å². The van der Waals surface area contributed by atoms with E-state index in [1.54, 1.807) is 0 Å². The molecule has 0 aromatic carbocycles. The van der Waals surface area contributed by atoms with Crippen LogP contribution in [0, 0.1) is 5.41 Å². The molecule has 0 radical (unpaired) electrons. The van der Waals surface area contributed by atoms with E-state index in [4.69, 9.17) is 0 Å². The van der Waals surface area contributed by atoms with E-state index in [-0.39, 0.29) is 17.0 Å². The standard InChI is InChI=1S/C11H16O2/c1-7(12)5-9-8(2)11(3,4)6-10(9)13/h5-6H2,1-4H3. The highest BCUT2D eigenvalue weighted by atomic mass is 16.1. The lowest BCUT2D eigenvalue weighted by atomic mass is 9.86. The fourth-order valence-electron chi connectivity index (χ4n) is 1.74. The molecule has 0 amide bonds. The van der Waals surface area contributed by atoms with Crippen LogP contribution in [0.5, 0.6) is 0 Å². The summed E-state index contributed by atoms with van der Waals surface area (Å²) in [5.74, 6) is 0.220. The molecule has 0 heterocycles. The first kappa shape index (κ1) is 10.2. The molecule has 0 bridgehead atoms. The van der Waals surface area contributed by atoms with Crippen LogP contribution in [0.1, 0.15) is 40.5 Å². The Morgan fingerprint density at radius 2 is 2.00 bits per heavy atom. The molecule has 72 valence electrons. The van der Waals surface area contributed by atoms with Gasteiger partial charge in [-0.05, 0) is 19.3 Å². The van der Waals surface area contributed by atoms with Crippen LogP contribution in [0.2, 0.25) is 0 Å². The molecule has 0 aliphatic heterocycles. The maximum atomic E-state index is 11.5. The summed E-state index contributed by atoms with van der Waals surface area (Å²) in [5.41, 5.74) is 1.80. The molecule has 0 aromatic rings. The van der Waals surface area contributed by atoms with Crippen LogP contribution < -0.4 is 0 Å². The minimum atomic E-state index is -0.0398. The zero-order chi connectivity index (χ0) is 10.2. The maximum Gasteiger partial charge on any atom is 0.160 e. The molecule has 1 aliphatic carbocycles. The molecule has 0 fully saturated rings. The molecule has 0 aromatic heterocycles. The molecule has 0 atom stereocenters. The lowest BCUT2D eigenvalue weighted by molar-refractivity contribution is -0.119. The largest absolute Gasteiger partial charge is 0.300 e. The summed E-state index contributed by atoms with van der Waals surface area (Å²) in [5, 5.41) is 0. The van der Waals surface area contributed by atoms with Crippen LogP contribution in [-0.4, -0.2) is 11.6 Å². The highest BCUT2D eigenvalue weighted by Crippen LogP contribution is 2.40. The smallest absolute Gasteiger partial charge is 0.160 e. The number of ketones is 2. The first-order valence-electron chi connectivity index (χ1n) is 4.57. The molecule has 2 nitrogen and oxygen atoms in total. The summed E-state index contributed by atoms with van der Waals surface area (Å²) in [7, 11) is 0. The minimum Gasteiger partial charge on any atom is -0.300 e. The fourth-order valence-corrected chi connectivity index (χ4v) is 1.74. The SMILES string of the molecule is CC(=O)CC1=C(C)C(C)(C)CC1=O. The highest BCUT2D eigenvalue weighted by Gasteiger charge is 2.35. The third-order valence-corrected chi connectivity index (χ3v) is 2.83. The fraction of sp³-hybridized carbons (Fsp3) is 0.636. The van der Waals surface area contributed by atoms with E-state index in [9.17, 15) is 9.59 Å². The summed E-state index contributed by atoms with van der Waals surface area (Å²) >= 11 is 0. The summed E-state index contributed by atoms with van der Waals surface area (Å²) < 4.78 is 0. The molecular formula is C11H16O2. The second-order valence-corrected chi connectivity index (χ2v) is 4.47. The number of allylic oxidation sites excluding steroid dienone is 2. The van der Waals surface area contributed by atoms with Gasteiger partial charge in [-0.3, -0.25) is 9.59 Å². The zero-order valence-electron chi connectivity index (χ0n) is 8.73. The van der Waals surface area contributed by atoms with Crippen LogP contribution >= 0.6 is 0 Å². The van der Waals surface area contributed by atoms with Crippen LogP contribution in [0.4, 0.5) is 0 Å². The predicted octanol–water partition coefficient (Wildman–Crippen LogP) is 2.28. The number of Topliss-reactive ketones (excluding diaryl/α,β-unsaturated/α-hetero) is 2. The topological polar surface area (TPSA) is 34.1 Å². The average Bonchev–Trinajstić information content (AvgIpc) is 2.12. The quantitative estimate of drug-likeness (QED) is 0.653. The van der Waals surface area contributed by atoms with Crippen molar-refractivity contribution in [3.63, 3.8) is 0 Å². The summed E-state index contributed by atoms with van der Waals surface area (Å²) in [6.07, 6.45) is 0.871. The molecular weight excluding hydrogens is 164 g/mol. The lowest BCUT2D eigenvalue weighted by Gasteiger charge is -2.17. The minimum absolute atomic E-state index is 0.0398. The van der Waals surface area contributed by atoms with Crippen molar-refractivity contribution in [2.45, 2.75) is 40.5 Å². The van der Waals surface area contributed by atoms with Gasteiger partial charge in [-0.15, -0.1) is 0 Å². The Morgan fingerprint density at radius 3 is 2.31 bits per heavy atom. The van der Waals surface area contributed by atoms with E-state index < -0.39 is 0 Å². The molecule has 0 N–H and O–H groups in total. The van der Waals surface area contributed by atoms with E-state index in [1.807, 2.05) is 20.8 Å². The van der Waals surface area contributed by atoms with Gasteiger partial charge in [-0.2, -0.15) is 0 Å². The van der Waals surface area contributed by atoms with Gasteiger partial charge in [0.25, 0.3) is 0 Å². The van der Waals surface area contributed by atoms with Gasteiger partial charge in [0, 0.05) is 18.4 Å². The van der Waals surface area contributed by atoms with Crippen molar-refractivity contribution in [1.82, 2.24) is 0 Å². The van der Waals surface area contributed by atoms with E-state index in [1.165, 1.54) is 6.92 Å². The van der Waals surface area contributed by atoms with Crippen molar-refractivity contribution in [2.75, 3.05) is 0 Å². The molecule has 1 rings (SSSR count). The highest BCUT2D eigenvalue weighted by molar-refractivity contribution is 6.03. The zero-order valence-corrected chi connectivity index (χ0v) is 8.73. The number of carbonyl (C=O) groups is 2. The Balaban J connectivity index is 2.99. The predicted molar refractivity (Wildman–Crippen MR) is 51.4 cm³/mol. The maximum absolute atomic E-state index is 11.5. The van der Waals surface area contributed by atoms with Crippen molar-refractivity contribution < 1.29 is 9.59 Å². The molecule has 0 saturated carbocycles. The molecule has 0 spiro atoms. The third-order valence-electron chi connectivity index (χ3n) is 2.83. The van der Waals surface area contributed by atoms with Crippen molar-refractivity contribution >= 4 is 11.6 Å². The molecule has 0 unspecified atom stereocenters. The second-order valence-electron chi connectivity index (χ2n) is 4.47. The second kappa shape index (κ2) is 3.09. The molecule has 2 heteroatoms. The summed E-state index contributed by atoms with van der Waals surface area (Å²) in [6, 6.07) is 0. The van der Waals surface area contributed by atoms with Gasteiger partial charge in [0.1, 0.15) is 5.78 Å². The summed E-state index contributed by atoms with van der Waals surface area (Å²) in [6.45, 7) is 7.59. The Labute approximate surface area is 79.0 Å². The molecule has 13 heavy (non-hydrogen) atoms. The van der Waals surface area contributed by atoms with Crippen molar-refractivity contribution in [2.24, 2.45) is 5.41 Å². The van der Waals surface area contributed by atoms with E-state index in [0.29, 0.717) is 12.8 Å². The van der Waals surface area contributed by atoms with Gasteiger partial charge in [0.2, 0.25) is 0 Å². The van der Waals surface area contributed by atoms with Crippen molar-refractivity contribution in [1.29, 1.82) is 0 Å². The van der Waals surface area contributed by atoms with Gasteiger partial charge in [0.15, 0.2) is 5.78 Å².